The zero-order chi connectivity index (χ0) is 13.2. The van der Waals surface area contributed by atoms with Crippen LogP contribution in [0.4, 0.5) is 0 Å². The Kier molecular flexibility index (Phi) is 2.89. The number of para-hydroxylation sites is 2. The molecule has 3 rings (SSSR count). The van der Waals surface area contributed by atoms with Crippen molar-refractivity contribution in [1.29, 1.82) is 0 Å². The fraction of sp³-hybridized carbons (Fsp3) is 0. The van der Waals surface area contributed by atoms with Crippen LogP contribution in [0.3, 0.4) is 0 Å². The van der Waals surface area contributed by atoms with Crippen LogP contribution in [0.25, 0.3) is 21.9 Å². The van der Waals surface area contributed by atoms with Gasteiger partial charge in [0.1, 0.15) is 11.2 Å². The Hall–Kier alpha value is -2.40. The third-order valence-corrected chi connectivity index (χ3v) is 2.90. The average Bonchev–Trinajstić information content (AvgIpc) is 2.78. The fourth-order valence-electron chi connectivity index (χ4n) is 2.04. The minimum Gasteiger partial charge on any atom is -0.455 e. The van der Waals surface area contributed by atoms with Crippen LogP contribution in [0.15, 0.2) is 52.0 Å². The number of nitrogens with zero attached hydrogens (tertiary/aromatic N) is 1. The second-order valence-electron chi connectivity index (χ2n) is 4.06. The van der Waals surface area contributed by atoms with Crippen molar-refractivity contribution in [2.75, 3.05) is 0 Å². The number of thiocarbonyl (C=S) groups is 1. The molecular weight excluding hydrogens is 258 g/mol. The molecule has 4 nitrogen and oxygen atoms in total. The molecule has 0 unspecified atom stereocenters. The molecule has 19 heavy (non-hydrogen) atoms. The minimum absolute atomic E-state index is 0.132. The van der Waals surface area contributed by atoms with Gasteiger partial charge in [-0.2, -0.15) is 5.10 Å². The summed E-state index contributed by atoms with van der Waals surface area (Å²) >= 11 is 4.69. The van der Waals surface area contributed by atoms with E-state index in [9.17, 15) is 0 Å². The molecule has 0 bridgehead atoms. The number of nitrogens with one attached hydrogen (secondary N) is 1. The fourth-order valence-corrected chi connectivity index (χ4v) is 2.09. The highest BCUT2D eigenvalue weighted by molar-refractivity contribution is 7.80. The number of rotatable bonds is 2. The monoisotopic (exact) mass is 269 g/mol. The standard InChI is InChI=1S/C14H11N3OS/c15-14(19)17-16-8-9-4-3-6-11-10-5-1-2-7-12(10)18-13(9)11/h1-8H,(H3,15,17,19). The van der Waals surface area contributed by atoms with Crippen molar-refractivity contribution in [3.05, 3.63) is 48.0 Å². The summed E-state index contributed by atoms with van der Waals surface area (Å²) in [5, 5.41) is 6.25. The molecule has 0 radical (unpaired) electrons. The van der Waals surface area contributed by atoms with Gasteiger partial charge in [-0.25, -0.2) is 0 Å². The van der Waals surface area contributed by atoms with Crippen molar-refractivity contribution in [3.8, 4) is 0 Å². The second kappa shape index (κ2) is 4.70. The maximum Gasteiger partial charge on any atom is 0.184 e. The SMILES string of the molecule is NC(=S)NN=Cc1cccc2c1oc1ccccc12. The summed E-state index contributed by atoms with van der Waals surface area (Å²) in [7, 11) is 0. The molecule has 1 heterocycles. The van der Waals surface area contributed by atoms with Gasteiger partial charge in [-0.1, -0.05) is 30.3 Å². The number of furan rings is 1. The number of nitrogens with two attached hydrogens (primary N) is 1. The van der Waals surface area contributed by atoms with Crippen LogP contribution in [0.5, 0.6) is 0 Å². The van der Waals surface area contributed by atoms with Crippen molar-refractivity contribution < 1.29 is 4.42 Å². The van der Waals surface area contributed by atoms with Crippen molar-refractivity contribution in [3.63, 3.8) is 0 Å². The van der Waals surface area contributed by atoms with E-state index in [4.69, 9.17) is 10.2 Å². The lowest BCUT2D eigenvalue weighted by Crippen LogP contribution is -2.23. The predicted molar refractivity (Wildman–Crippen MR) is 81.2 cm³/mol. The van der Waals surface area contributed by atoms with Gasteiger partial charge < -0.3 is 10.2 Å². The molecule has 94 valence electrons. The molecule has 3 aromatic rings. The first-order valence-corrected chi connectivity index (χ1v) is 6.15. The van der Waals surface area contributed by atoms with Crippen molar-refractivity contribution in [2.24, 2.45) is 10.8 Å². The van der Waals surface area contributed by atoms with Crippen LogP contribution in [0.2, 0.25) is 0 Å². The van der Waals surface area contributed by atoms with Gasteiger partial charge in [0.15, 0.2) is 5.11 Å². The molecule has 0 atom stereocenters. The van der Waals surface area contributed by atoms with Gasteiger partial charge >= 0.3 is 0 Å². The lowest BCUT2D eigenvalue weighted by Gasteiger charge is -1.96. The van der Waals surface area contributed by atoms with Crippen LogP contribution >= 0.6 is 12.2 Å². The highest BCUT2D eigenvalue weighted by Gasteiger charge is 2.08. The second-order valence-corrected chi connectivity index (χ2v) is 4.50. The van der Waals surface area contributed by atoms with E-state index in [1.54, 1.807) is 6.21 Å². The highest BCUT2D eigenvalue weighted by Crippen LogP contribution is 2.29. The third kappa shape index (κ3) is 2.15. The summed E-state index contributed by atoms with van der Waals surface area (Å²) in [4.78, 5) is 0. The van der Waals surface area contributed by atoms with Crippen LogP contribution in [-0.2, 0) is 0 Å². The molecule has 0 spiro atoms. The zero-order valence-electron chi connectivity index (χ0n) is 9.96. The third-order valence-electron chi connectivity index (χ3n) is 2.81. The molecule has 0 aliphatic rings. The first-order chi connectivity index (χ1) is 9.25. The number of benzene rings is 2. The van der Waals surface area contributed by atoms with Crippen molar-refractivity contribution in [2.45, 2.75) is 0 Å². The van der Waals surface area contributed by atoms with Crippen molar-refractivity contribution >= 4 is 45.5 Å². The summed E-state index contributed by atoms with van der Waals surface area (Å²) in [6, 6.07) is 13.8. The van der Waals surface area contributed by atoms with Crippen LogP contribution in [0.1, 0.15) is 5.56 Å². The van der Waals surface area contributed by atoms with Gasteiger partial charge in [0.05, 0.1) is 6.21 Å². The largest absolute Gasteiger partial charge is 0.455 e. The quantitative estimate of drug-likeness (QED) is 0.426. The lowest BCUT2D eigenvalue weighted by molar-refractivity contribution is 0.668. The van der Waals surface area contributed by atoms with Gasteiger partial charge in [0.2, 0.25) is 0 Å². The summed E-state index contributed by atoms with van der Waals surface area (Å²) in [5.74, 6) is 0. The summed E-state index contributed by atoms with van der Waals surface area (Å²) in [6.07, 6.45) is 1.64. The molecule has 5 heteroatoms. The smallest absolute Gasteiger partial charge is 0.184 e. The molecule has 0 saturated heterocycles. The molecule has 0 amide bonds. The molecule has 0 aliphatic heterocycles. The van der Waals surface area contributed by atoms with Gasteiger partial charge in [-0.15, -0.1) is 0 Å². The number of hydrogen-bond donors (Lipinski definition) is 2. The van der Waals surface area contributed by atoms with E-state index in [-0.39, 0.29) is 5.11 Å². The Balaban J connectivity index is 2.15. The minimum atomic E-state index is 0.132. The zero-order valence-corrected chi connectivity index (χ0v) is 10.8. The molecule has 0 aliphatic carbocycles. The molecule has 0 fully saturated rings. The molecular formula is C14H11N3OS. The molecule has 3 N–H and O–H groups in total. The number of hydrogen-bond acceptors (Lipinski definition) is 3. The summed E-state index contributed by atoms with van der Waals surface area (Å²) < 4.78 is 5.86. The Morgan fingerprint density at radius 3 is 2.79 bits per heavy atom. The van der Waals surface area contributed by atoms with Crippen LogP contribution in [-0.4, -0.2) is 11.3 Å². The van der Waals surface area contributed by atoms with Gasteiger partial charge in [0.25, 0.3) is 0 Å². The maximum absolute atomic E-state index is 5.86. The highest BCUT2D eigenvalue weighted by atomic mass is 32.1. The van der Waals surface area contributed by atoms with Crippen molar-refractivity contribution in [1.82, 2.24) is 5.43 Å². The van der Waals surface area contributed by atoms with E-state index in [1.165, 1.54) is 0 Å². The van der Waals surface area contributed by atoms with Gasteiger partial charge in [0, 0.05) is 16.3 Å². The summed E-state index contributed by atoms with van der Waals surface area (Å²) in [5.41, 5.74) is 10.4. The Morgan fingerprint density at radius 2 is 1.95 bits per heavy atom. The Bertz CT molecular complexity index is 792. The maximum atomic E-state index is 5.86. The van der Waals surface area contributed by atoms with E-state index >= 15 is 0 Å². The lowest BCUT2D eigenvalue weighted by atomic mass is 10.1. The molecule has 2 aromatic carbocycles. The van der Waals surface area contributed by atoms with E-state index in [1.807, 2.05) is 42.5 Å². The predicted octanol–water partition coefficient (Wildman–Crippen LogP) is 2.75. The molecule has 1 aromatic heterocycles. The van der Waals surface area contributed by atoms with E-state index in [0.717, 1.165) is 27.5 Å². The van der Waals surface area contributed by atoms with Gasteiger partial charge in [-0.05, 0) is 24.4 Å². The number of fused-ring (bicyclic) bond motifs is 3. The summed E-state index contributed by atoms with van der Waals surface area (Å²) in [6.45, 7) is 0. The van der Waals surface area contributed by atoms with E-state index in [2.05, 4.69) is 22.7 Å². The van der Waals surface area contributed by atoms with E-state index in [0.29, 0.717) is 0 Å². The molecule has 0 saturated carbocycles. The normalized spacial score (nSPS) is 11.4. The van der Waals surface area contributed by atoms with Gasteiger partial charge in [-0.3, -0.25) is 5.43 Å². The first-order valence-electron chi connectivity index (χ1n) is 5.74. The first kappa shape index (κ1) is 11.7. The topological polar surface area (TPSA) is 63.5 Å². The van der Waals surface area contributed by atoms with Crippen LogP contribution < -0.4 is 11.2 Å². The average molecular weight is 269 g/mol. The Labute approximate surface area is 114 Å². The van der Waals surface area contributed by atoms with Crippen LogP contribution in [0, 0.1) is 0 Å². The Morgan fingerprint density at radius 1 is 1.16 bits per heavy atom. The number of hydrazone groups is 1. The van der Waals surface area contributed by atoms with E-state index < -0.39 is 0 Å².